The van der Waals surface area contributed by atoms with E-state index in [-0.39, 0.29) is 23.3 Å². The Hall–Kier alpha value is -3.35. The quantitative estimate of drug-likeness (QED) is 0.312. The van der Waals surface area contributed by atoms with Gasteiger partial charge in [0.25, 0.3) is 11.8 Å². The molecule has 2 amide bonds. The van der Waals surface area contributed by atoms with Crippen LogP contribution in [0.4, 0.5) is 0 Å². The number of hydrogen-bond donors (Lipinski definition) is 2. The van der Waals surface area contributed by atoms with Gasteiger partial charge in [-0.15, -0.1) is 5.11 Å². The average molecular weight is 476 g/mol. The molecule has 0 aliphatic heterocycles. The standard InChI is InChI=1S/C28H37N5O2/c1-18-14-19(2)16-22(15-18)26(35)33(24-12-10-23(11-13-24)28(3,4)5)17-20-6-8-21(9-7-20)25(34)31-27(29)32-30/h6-9,14-16,23-24,30H,10-13,17H2,1-5H3,(H2,29,31,34). The van der Waals surface area contributed by atoms with Gasteiger partial charge in [0.1, 0.15) is 0 Å². The van der Waals surface area contributed by atoms with Crippen molar-refractivity contribution in [1.29, 1.82) is 5.53 Å². The summed E-state index contributed by atoms with van der Waals surface area (Å²) in [7, 11) is 0. The molecule has 1 aliphatic carbocycles. The van der Waals surface area contributed by atoms with Gasteiger partial charge < -0.3 is 10.6 Å². The van der Waals surface area contributed by atoms with E-state index in [0.717, 1.165) is 47.9 Å². The zero-order chi connectivity index (χ0) is 25.8. The lowest BCUT2D eigenvalue weighted by atomic mass is 9.71. The topological polar surface area (TPSA) is 112 Å². The van der Waals surface area contributed by atoms with E-state index >= 15 is 0 Å². The fraction of sp³-hybridized carbons (Fsp3) is 0.464. The molecule has 1 aliphatic rings. The molecule has 1 fully saturated rings. The molecular weight excluding hydrogens is 438 g/mol. The molecule has 0 unspecified atom stereocenters. The first-order valence-corrected chi connectivity index (χ1v) is 12.2. The number of guanidine groups is 1. The number of nitrogens with one attached hydrogen (secondary N) is 1. The zero-order valence-electron chi connectivity index (χ0n) is 21.5. The Morgan fingerprint density at radius 1 is 0.971 bits per heavy atom. The molecule has 35 heavy (non-hydrogen) atoms. The number of aryl methyl sites for hydroxylation is 2. The van der Waals surface area contributed by atoms with E-state index in [0.29, 0.717) is 18.0 Å². The molecule has 0 atom stereocenters. The summed E-state index contributed by atoms with van der Waals surface area (Å²) < 4.78 is 0. The summed E-state index contributed by atoms with van der Waals surface area (Å²) in [6, 6.07) is 13.2. The maximum Gasteiger partial charge on any atom is 0.280 e. The lowest BCUT2D eigenvalue weighted by Gasteiger charge is -2.41. The molecule has 0 radical (unpaired) electrons. The van der Waals surface area contributed by atoms with Crippen LogP contribution in [0, 0.1) is 30.7 Å². The Morgan fingerprint density at radius 2 is 1.54 bits per heavy atom. The summed E-state index contributed by atoms with van der Waals surface area (Å²) >= 11 is 0. The maximum absolute atomic E-state index is 13.8. The normalized spacial score (nSPS) is 18.7. The first-order chi connectivity index (χ1) is 16.5. The summed E-state index contributed by atoms with van der Waals surface area (Å²) in [6.45, 7) is 11.4. The highest BCUT2D eigenvalue weighted by molar-refractivity contribution is 6.02. The Labute approximate surface area is 208 Å². The smallest absolute Gasteiger partial charge is 0.280 e. The summed E-state index contributed by atoms with van der Waals surface area (Å²) in [6.07, 6.45) is 4.19. The lowest BCUT2D eigenvalue weighted by Crippen LogP contribution is -2.43. The molecule has 3 rings (SSSR count). The van der Waals surface area contributed by atoms with E-state index in [1.54, 1.807) is 12.1 Å². The Balaban J connectivity index is 1.85. The van der Waals surface area contributed by atoms with Crippen molar-refractivity contribution in [2.45, 2.75) is 72.9 Å². The highest BCUT2D eigenvalue weighted by Gasteiger charge is 2.34. The van der Waals surface area contributed by atoms with Crippen molar-refractivity contribution in [3.05, 3.63) is 70.3 Å². The minimum Gasteiger partial charge on any atom is -0.366 e. The number of aliphatic imine (C=N–C) groups is 1. The molecule has 7 nitrogen and oxygen atoms in total. The molecular formula is C28H37N5O2. The van der Waals surface area contributed by atoms with E-state index < -0.39 is 5.91 Å². The zero-order valence-corrected chi connectivity index (χ0v) is 21.5. The van der Waals surface area contributed by atoms with Crippen molar-refractivity contribution >= 4 is 17.8 Å². The monoisotopic (exact) mass is 475 g/mol. The summed E-state index contributed by atoms with van der Waals surface area (Å²) in [5.41, 5.74) is 16.6. The van der Waals surface area contributed by atoms with Crippen LogP contribution in [0.5, 0.6) is 0 Å². The van der Waals surface area contributed by atoms with Gasteiger partial charge >= 0.3 is 0 Å². The maximum atomic E-state index is 13.8. The van der Waals surface area contributed by atoms with Crippen LogP contribution >= 0.6 is 0 Å². The summed E-state index contributed by atoms with van der Waals surface area (Å²) in [5.74, 6) is -0.222. The molecule has 2 aromatic carbocycles. The average Bonchev–Trinajstić information content (AvgIpc) is 2.81. The molecule has 1 saturated carbocycles. The highest BCUT2D eigenvalue weighted by Crippen LogP contribution is 2.39. The van der Waals surface area contributed by atoms with Crippen molar-refractivity contribution in [2.24, 2.45) is 27.2 Å². The number of amides is 2. The van der Waals surface area contributed by atoms with Crippen LogP contribution in [0.15, 0.2) is 52.6 Å². The van der Waals surface area contributed by atoms with Gasteiger partial charge in [-0.05, 0) is 80.7 Å². The van der Waals surface area contributed by atoms with Gasteiger partial charge in [0, 0.05) is 23.7 Å². The third kappa shape index (κ3) is 6.84. The van der Waals surface area contributed by atoms with Gasteiger partial charge in [0.2, 0.25) is 5.96 Å². The number of hydrogen-bond acceptors (Lipinski definition) is 3. The fourth-order valence-corrected chi connectivity index (χ4v) is 5.03. The predicted molar refractivity (Wildman–Crippen MR) is 139 cm³/mol. The van der Waals surface area contributed by atoms with Crippen LogP contribution in [0.25, 0.3) is 0 Å². The van der Waals surface area contributed by atoms with Gasteiger partial charge in [0.05, 0.1) is 0 Å². The molecule has 0 aromatic heterocycles. The second-order valence-electron chi connectivity index (χ2n) is 10.8. The summed E-state index contributed by atoms with van der Waals surface area (Å²) in [5, 5.41) is 2.96. The molecule has 7 heteroatoms. The SMILES string of the molecule is Cc1cc(C)cc(C(=O)N(Cc2ccc(C(=O)N=C(N)N=N)cc2)C2CCC(C(C)(C)C)CC2)c1. The van der Waals surface area contributed by atoms with Gasteiger partial charge in [-0.2, -0.15) is 4.99 Å². The van der Waals surface area contributed by atoms with E-state index in [9.17, 15) is 9.59 Å². The first-order valence-electron chi connectivity index (χ1n) is 12.2. The highest BCUT2D eigenvalue weighted by atomic mass is 16.2. The third-order valence-electron chi connectivity index (χ3n) is 6.98. The Morgan fingerprint density at radius 3 is 2.06 bits per heavy atom. The number of nitrogens with zero attached hydrogens (tertiary/aromatic N) is 3. The van der Waals surface area contributed by atoms with Crippen LogP contribution in [0.3, 0.4) is 0 Å². The molecule has 186 valence electrons. The van der Waals surface area contributed by atoms with Crippen molar-refractivity contribution in [2.75, 3.05) is 0 Å². The summed E-state index contributed by atoms with van der Waals surface area (Å²) in [4.78, 5) is 31.6. The largest absolute Gasteiger partial charge is 0.366 e. The van der Waals surface area contributed by atoms with Crippen LogP contribution in [0.1, 0.15) is 83.9 Å². The van der Waals surface area contributed by atoms with E-state index in [1.165, 1.54) is 0 Å². The first kappa shape index (κ1) is 26.3. The molecule has 2 aromatic rings. The predicted octanol–water partition coefficient (Wildman–Crippen LogP) is 6.04. The minimum atomic E-state index is -0.547. The van der Waals surface area contributed by atoms with Crippen molar-refractivity contribution < 1.29 is 9.59 Å². The third-order valence-corrected chi connectivity index (χ3v) is 6.98. The number of benzene rings is 2. The second kappa shape index (κ2) is 10.9. The molecule has 0 saturated heterocycles. The number of rotatable bonds is 5. The Bertz CT molecular complexity index is 1090. The number of carbonyl (C=O) groups excluding carboxylic acids is 2. The van der Waals surface area contributed by atoms with Crippen molar-refractivity contribution in [3.8, 4) is 0 Å². The van der Waals surface area contributed by atoms with Gasteiger partial charge in [-0.3, -0.25) is 9.59 Å². The van der Waals surface area contributed by atoms with Gasteiger partial charge in [-0.1, -0.05) is 50.1 Å². The fourth-order valence-electron chi connectivity index (χ4n) is 5.03. The molecule has 0 bridgehead atoms. The van der Waals surface area contributed by atoms with Crippen LogP contribution in [-0.4, -0.2) is 28.7 Å². The molecule has 0 spiro atoms. The lowest BCUT2D eigenvalue weighted by molar-refractivity contribution is 0.0530. The number of nitrogens with two attached hydrogens (primary N) is 1. The van der Waals surface area contributed by atoms with Crippen LogP contribution < -0.4 is 5.73 Å². The van der Waals surface area contributed by atoms with Gasteiger partial charge in [-0.25, -0.2) is 5.53 Å². The second-order valence-corrected chi connectivity index (χ2v) is 10.8. The van der Waals surface area contributed by atoms with Crippen LogP contribution in [0.2, 0.25) is 0 Å². The van der Waals surface area contributed by atoms with Crippen molar-refractivity contribution in [1.82, 2.24) is 4.90 Å². The van der Waals surface area contributed by atoms with E-state index in [4.69, 9.17) is 11.3 Å². The minimum absolute atomic E-state index is 0.0468. The molecule has 0 heterocycles. The molecule has 3 N–H and O–H groups in total. The van der Waals surface area contributed by atoms with E-state index in [1.807, 2.05) is 43.0 Å². The number of carbonyl (C=O) groups is 2. The van der Waals surface area contributed by atoms with Crippen LogP contribution in [-0.2, 0) is 6.54 Å². The van der Waals surface area contributed by atoms with E-state index in [2.05, 4.69) is 36.9 Å². The van der Waals surface area contributed by atoms with Crippen molar-refractivity contribution in [3.63, 3.8) is 0 Å². The van der Waals surface area contributed by atoms with Gasteiger partial charge in [0.15, 0.2) is 0 Å². The Kier molecular flexibility index (Phi) is 8.20.